The van der Waals surface area contributed by atoms with E-state index in [1.54, 1.807) is 43.3 Å². The van der Waals surface area contributed by atoms with Gasteiger partial charge < -0.3 is 28.8 Å². The number of aliphatic carboxylic acids is 1. The highest BCUT2D eigenvalue weighted by molar-refractivity contribution is 6.01. The minimum Gasteiger partial charge on any atom is -0.546 e. The third-order valence-corrected chi connectivity index (χ3v) is 3.89. The maximum Gasteiger partial charge on any atom is 0.271 e. The second-order valence-corrected chi connectivity index (χ2v) is 5.73. The van der Waals surface area contributed by atoms with Gasteiger partial charge in [-0.2, -0.15) is 5.10 Å². The summed E-state index contributed by atoms with van der Waals surface area (Å²) in [7, 11) is 1.43. The highest BCUT2D eigenvalue weighted by Gasteiger charge is 2.16. The van der Waals surface area contributed by atoms with Crippen LogP contribution in [-0.4, -0.2) is 38.1 Å². The Labute approximate surface area is 160 Å². The molecule has 0 bridgehead atoms. The van der Waals surface area contributed by atoms with Crippen LogP contribution in [0, 0.1) is 0 Å². The lowest BCUT2D eigenvalue weighted by molar-refractivity contribution is -0.307. The number of carboxylic acids is 1. The molecule has 0 aromatic heterocycles. The lowest BCUT2D eigenvalue weighted by Crippen LogP contribution is -2.29. The van der Waals surface area contributed by atoms with E-state index in [1.807, 2.05) is 0 Å². The molecule has 1 aliphatic rings. The second kappa shape index (κ2) is 8.30. The number of carbonyl (C=O) groups excluding carboxylic acids is 2. The summed E-state index contributed by atoms with van der Waals surface area (Å²) in [5.41, 5.74) is 4.02. The SMILES string of the molecule is COc1cc(/C(C)=N\NC(=O)c2ccc3c(c2)OCO3)ccc1OCC(=O)[O-]. The quantitative estimate of drug-likeness (QED) is 0.551. The van der Waals surface area contributed by atoms with E-state index >= 15 is 0 Å². The van der Waals surface area contributed by atoms with E-state index in [0.717, 1.165) is 0 Å². The molecule has 0 saturated carbocycles. The van der Waals surface area contributed by atoms with Crippen molar-refractivity contribution in [1.29, 1.82) is 0 Å². The third-order valence-electron chi connectivity index (χ3n) is 3.89. The first kappa shape index (κ1) is 19.0. The number of rotatable bonds is 7. The minimum atomic E-state index is -1.34. The summed E-state index contributed by atoms with van der Waals surface area (Å²) in [5, 5.41) is 14.6. The first-order chi connectivity index (χ1) is 13.5. The van der Waals surface area contributed by atoms with E-state index in [2.05, 4.69) is 10.5 Å². The first-order valence-corrected chi connectivity index (χ1v) is 8.23. The van der Waals surface area contributed by atoms with Gasteiger partial charge in [0.25, 0.3) is 5.91 Å². The van der Waals surface area contributed by atoms with Gasteiger partial charge >= 0.3 is 0 Å². The summed E-state index contributed by atoms with van der Waals surface area (Å²) in [6.07, 6.45) is 0. The number of nitrogens with one attached hydrogen (secondary N) is 1. The molecule has 28 heavy (non-hydrogen) atoms. The molecule has 9 nitrogen and oxygen atoms in total. The van der Waals surface area contributed by atoms with Crippen LogP contribution in [0.1, 0.15) is 22.8 Å². The fourth-order valence-corrected chi connectivity index (χ4v) is 2.45. The Bertz CT molecular complexity index is 940. The number of carboxylic acid groups (broad SMARTS) is 1. The molecule has 0 unspecified atom stereocenters. The maximum atomic E-state index is 12.3. The van der Waals surface area contributed by atoms with Gasteiger partial charge in [0.2, 0.25) is 6.79 Å². The number of methoxy groups -OCH3 is 1. The Morgan fingerprint density at radius 2 is 1.86 bits per heavy atom. The van der Waals surface area contributed by atoms with Gasteiger partial charge in [-0.15, -0.1) is 0 Å². The molecule has 0 spiro atoms. The third kappa shape index (κ3) is 4.32. The van der Waals surface area contributed by atoms with Crippen molar-refractivity contribution in [3.05, 3.63) is 47.5 Å². The number of amides is 1. The number of hydrogen-bond donors (Lipinski definition) is 1. The van der Waals surface area contributed by atoms with Crippen LogP contribution >= 0.6 is 0 Å². The van der Waals surface area contributed by atoms with Crippen LogP contribution in [0.3, 0.4) is 0 Å². The predicted molar refractivity (Wildman–Crippen MR) is 95.7 cm³/mol. The number of benzene rings is 2. The number of hydrogen-bond acceptors (Lipinski definition) is 8. The van der Waals surface area contributed by atoms with Crippen LogP contribution in [-0.2, 0) is 4.79 Å². The Balaban J connectivity index is 1.70. The Hall–Kier alpha value is -3.75. The number of carbonyl (C=O) groups is 2. The average Bonchev–Trinajstić information content (AvgIpc) is 3.17. The zero-order chi connectivity index (χ0) is 20.1. The molecule has 0 radical (unpaired) electrons. The predicted octanol–water partition coefficient (Wildman–Crippen LogP) is 0.707. The first-order valence-electron chi connectivity index (χ1n) is 8.23. The average molecular weight is 385 g/mol. The number of hydrazone groups is 1. The molecule has 1 aliphatic heterocycles. The smallest absolute Gasteiger partial charge is 0.271 e. The molecule has 0 aliphatic carbocycles. The second-order valence-electron chi connectivity index (χ2n) is 5.73. The van der Waals surface area contributed by atoms with Crippen LogP contribution < -0.4 is 29.5 Å². The summed E-state index contributed by atoms with van der Waals surface area (Å²) < 4.78 is 20.8. The van der Waals surface area contributed by atoms with Gasteiger partial charge in [-0.05, 0) is 43.3 Å². The van der Waals surface area contributed by atoms with Gasteiger partial charge in [0.15, 0.2) is 23.0 Å². The van der Waals surface area contributed by atoms with Crippen molar-refractivity contribution in [2.75, 3.05) is 20.5 Å². The maximum absolute atomic E-state index is 12.3. The molecule has 0 atom stereocenters. The van der Waals surface area contributed by atoms with Crippen molar-refractivity contribution >= 4 is 17.6 Å². The molecule has 1 amide bonds. The highest BCUT2D eigenvalue weighted by Crippen LogP contribution is 2.32. The van der Waals surface area contributed by atoms with Crippen LogP contribution in [0.2, 0.25) is 0 Å². The van der Waals surface area contributed by atoms with E-state index in [4.69, 9.17) is 18.9 Å². The normalized spacial score (nSPS) is 12.4. The largest absolute Gasteiger partial charge is 0.546 e. The molecule has 3 rings (SSSR count). The van der Waals surface area contributed by atoms with Gasteiger partial charge in [0.05, 0.1) is 18.8 Å². The molecular weight excluding hydrogens is 368 g/mol. The zero-order valence-corrected chi connectivity index (χ0v) is 15.2. The van der Waals surface area contributed by atoms with E-state index < -0.39 is 18.5 Å². The van der Waals surface area contributed by atoms with E-state index in [1.165, 1.54) is 7.11 Å². The summed E-state index contributed by atoms with van der Waals surface area (Å²) >= 11 is 0. The van der Waals surface area contributed by atoms with Crippen molar-refractivity contribution in [3.63, 3.8) is 0 Å². The van der Waals surface area contributed by atoms with Gasteiger partial charge in [-0.25, -0.2) is 5.43 Å². The van der Waals surface area contributed by atoms with Crippen molar-refractivity contribution < 1.29 is 33.6 Å². The molecule has 2 aromatic carbocycles. The number of ether oxygens (including phenoxy) is 4. The van der Waals surface area contributed by atoms with Crippen molar-refractivity contribution in [2.45, 2.75) is 6.92 Å². The van der Waals surface area contributed by atoms with Gasteiger partial charge in [-0.1, -0.05) is 0 Å². The monoisotopic (exact) mass is 385 g/mol. The van der Waals surface area contributed by atoms with Crippen molar-refractivity contribution in [3.8, 4) is 23.0 Å². The fraction of sp³-hybridized carbons (Fsp3) is 0.211. The van der Waals surface area contributed by atoms with Crippen molar-refractivity contribution in [1.82, 2.24) is 5.43 Å². The zero-order valence-electron chi connectivity index (χ0n) is 15.2. The van der Waals surface area contributed by atoms with Crippen LogP contribution in [0.4, 0.5) is 0 Å². The van der Waals surface area contributed by atoms with Gasteiger partial charge in [0.1, 0.15) is 6.61 Å². The highest BCUT2D eigenvalue weighted by atomic mass is 16.7. The van der Waals surface area contributed by atoms with E-state index in [9.17, 15) is 14.7 Å². The topological polar surface area (TPSA) is 119 Å². The van der Waals surface area contributed by atoms with E-state index in [-0.39, 0.29) is 12.5 Å². The molecule has 146 valence electrons. The van der Waals surface area contributed by atoms with Crippen LogP contribution in [0.25, 0.3) is 0 Å². The van der Waals surface area contributed by atoms with E-state index in [0.29, 0.717) is 34.1 Å². The van der Waals surface area contributed by atoms with Gasteiger partial charge in [0, 0.05) is 11.1 Å². The standard InChI is InChI=1S/C19H18N2O7/c1-11(12-3-5-14(16(7-12)25-2)26-9-18(22)23)20-21-19(24)13-4-6-15-17(8-13)28-10-27-15/h3-8H,9-10H2,1-2H3,(H,21,24)(H,22,23)/p-1/b20-11-. The lowest BCUT2D eigenvalue weighted by Gasteiger charge is -2.12. The van der Waals surface area contributed by atoms with Crippen LogP contribution in [0.5, 0.6) is 23.0 Å². The number of fused-ring (bicyclic) bond motifs is 1. The minimum absolute atomic E-state index is 0.127. The molecule has 1 heterocycles. The summed E-state index contributed by atoms with van der Waals surface area (Å²) in [6.45, 7) is 1.24. The summed E-state index contributed by atoms with van der Waals surface area (Å²) in [5.74, 6) is -0.0637. The fourth-order valence-electron chi connectivity index (χ4n) is 2.45. The Kier molecular flexibility index (Phi) is 5.64. The molecule has 2 aromatic rings. The molecule has 1 N–H and O–H groups in total. The Morgan fingerprint density at radius 3 is 2.61 bits per heavy atom. The molecular formula is C19H17N2O7-. The Morgan fingerprint density at radius 1 is 1.11 bits per heavy atom. The number of nitrogens with zero attached hydrogens (tertiary/aromatic N) is 1. The summed E-state index contributed by atoms with van der Waals surface area (Å²) in [4.78, 5) is 22.8. The molecule has 0 saturated heterocycles. The lowest BCUT2D eigenvalue weighted by atomic mass is 10.1. The van der Waals surface area contributed by atoms with Crippen molar-refractivity contribution in [2.24, 2.45) is 5.10 Å². The van der Waals surface area contributed by atoms with Gasteiger partial charge in [-0.3, -0.25) is 4.79 Å². The molecule has 0 fully saturated rings. The van der Waals surface area contributed by atoms with Crippen LogP contribution in [0.15, 0.2) is 41.5 Å². The molecule has 9 heteroatoms. The summed E-state index contributed by atoms with van der Waals surface area (Å²) in [6, 6.07) is 9.68.